The van der Waals surface area contributed by atoms with E-state index >= 15 is 0 Å². The summed E-state index contributed by atoms with van der Waals surface area (Å²) in [5.41, 5.74) is 0.233. The van der Waals surface area contributed by atoms with Crippen LogP contribution in [0.3, 0.4) is 0 Å². The van der Waals surface area contributed by atoms with Gasteiger partial charge in [-0.1, -0.05) is 36.0 Å². The second kappa shape index (κ2) is 3.60. The first-order valence-corrected chi connectivity index (χ1v) is 3.85. The predicted molar refractivity (Wildman–Crippen MR) is 50.6 cm³/mol. The maximum atomic E-state index is 10.4. The summed E-state index contributed by atoms with van der Waals surface area (Å²) in [6, 6.07) is 6.10. The lowest BCUT2D eigenvalue weighted by molar-refractivity contribution is -0.385. The number of nitro groups is 1. The van der Waals surface area contributed by atoms with Gasteiger partial charge < -0.3 is 0 Å². The number of benzene rings is 1. The van der Waals surface area contributed by atoms with Gasteiger partial charge >= 0.3 is 0 Å². The Bertz CT molecular complexity index is 307. The standard InChI is InChI=1S/C7H4ClNO2S/c8-7(12)5-3-1-2-4-6(5)9(10)11/h1-4H. The van der Waals surface area contributed by atoms with Crippen molar-refractivity contribution in [1.29, 1.82) is 0 Å². The van der Waals surface area contributed by atoms with Crippen molar-refractivity contribution in [3.05, 3.63) is 39.9 Å². The van der Waals surface area contributed by atoms with Gasteiger partial charge in [0.1, 0.15) is 4.32 Å². The molecule has 0 N–H and O–H groups in total. The molecule has 0 heterocycles. The van der Waals surface area contributed by atoms with Gasteiger partial charge in [-0.25, -0.2) is 0 Å². The van der Waals surface area contributed by atoms with Gasteiger partial charge in [0.15, 0.2) is 0 Å². The average Bonchev–Trinajstić information content (AvgIpc) is 2.04. The van der Waals surface area contributed by atoms with Crippen molar-refractivity contribution in [2.45, 2.75) is 0 Å². The van der Waals surface area contributed by atoms with Crippen LogP contribution < -0.4 is 0 Å². The van der Waals surface area contributed by atoms with Crippen LogP contribution in [0.25, 0.3) is 0 Å². The van der Waals surface area contributed by atoms with E-state index in [1.165, 1.54) is 12.1 Å². The first kappa shape index (κ1) is 9.09. The molecule has 0 unspecified atom stereocenters. The minimum Gasteiger partial charge on any atom is -0.258 e. The zero-order chi connectivity index (χ0) is 9.14. The topological polar surface area (TPSA) is 43.1 Å². The van der Waals surface area contributed by atoms with E-state index in [0.717, 1.165) is 0 Å². The van der Waals surface area contributed by atoms with Gasteiger partial charge in [-0.3, -0.25) is 10.1 Å². The van der Waals surface area contributed by atoms with Crippen LogP contribution in [0.5, 0.6) is 0 Å². The lowest BCUT2D eigenvalue weighted by Crippen LogP contribution is -1.96. The minimum atomic E-state index is -0.510. The Hall–Kier alpha value is -1.000. The Labute approximate surface area is 79.1 Å². The fourth-order valence-electron chi connectivity index (χ4n) is 0.799. The summed E-state index contributed by atoms with van der Waals surface area (Å²) < 4.78 is 0.0160. The summed E-state index contributed by atoms with van der Waals surface area (Å²) in [5, 5.41) is 10.4. The SMILES string of the molecule is O=[N+]([O-])c1ccccc1C(=S)Cl. The summed E-state index contributed by atoms with van der Waals surface area (Å²) in [5.74, 6) is 0. The molecule has 0 fully saturated rings. The molecule has 0 aliphatic carbocycles. The van der Waals surface area contributed by atoms with Gasteiger partial charge in [0.05, 0.1) is 10.5 Å². The highest BCUT2D eigenvalue weighted by Gasteiger charge is 2.13. The molecule has 0 aliphatic rings. The third-order valence-electron chi connectivity index (χ3n) is 1.31. The van der Waals surface area contributed by atoms with Crippen molar-refractivity contribution in [3.63, 3.8) is 0 Å². The van der Waals surface area contributed by atoms with Gasteiger partial charge in [0, 0.05) is 6.07 Å². The van der Waals surface area contributed by atoms with Crippen molar-refractivity contribution in [3.8, 4) is 0 Å². The smallest absolute Gasteiger partial charge is 0.258 e. The lowest BCUT2D eigenvalue weighted by Gasteiger charge is -1.96. The van der Waals surface area contributed by atoms with E-state index < -0.39 is 4.92 Å². The average molecular weight is 202 g/mol. The van der Waals surface area contributed by atoms with Crippen LogP contribution in [0.4, 0.5) is 5.69 Å². The van der Waals surface area contributed by atoms with Crippen LogP contribution in [0.2, 0.25) is 0 Å². The Morgan fingerprint density at radius 1 is 1.50 bits per heavy atom. The maximum Gasteiger partial charge on any atom is 0.278 e. The van der Waals surface area contributed by atoms with Gasteiger partial charge in [0.2, 0.25) is 0 Å². The fraction of sp³-hybridized carbons (Fsp3) is 0. The molecule has 1 aromatic carbocycles. The highest BCUT2D eigenvalue weighted by Crippen LogP contribution is 2.19. The Balaban J connectivity index is 3.27. The van der Waals surface area contributed by atoms with E-state index in [1.807, 2.05) is 0 Å². The molecule has 1 aromatic rings. The largest absolute Gasteiger partial charge is 0.278 e. The minimum absolute atomic E-state index is 0.0160. The van der Waals surface area contributed by atoms with E-state index in [9.17, 15) is 10.1 Å². The Morgan fingerprint density at radius 3 is 2.50 bits per heavy atom. The van der Waals surface area contributed by atoms with Crippen LogP contribution >= 0.6 is 23.8 Å². The second-order valence-corrected chi connectivity index (χ2v) is 3.06. The molecule has 0 radical (unpaired) electrons. The number of nitro benzene ring substituents is 1. The van der Waals surface area contributed by atoms with Crippen LogP contribution in [0.1, 0.15) is 5.56 Å². The number of halogens is 1. The summed E-state index contributed by atoms with van der Waals surface area (Å²) in [7, 11) is 0. The maximum absolute atomic E-state index is 10.4. The molecule has 12 heavy (non-hydrogen) atoms. The third kappa shape index (κ3) is 1.78. The van der Waals surface area contributed by atoms with Crippen LogP contribution in [0, 0.1) is 10.1 Å². The summed E-state index contributed by atoms with van der Waals surface area (Å²) >= 11 is 10.1. The van der Waals surface area contributed by atoms with Gasteiger partial charge in [-0.15, -0.1) is 0 Å². The fourth-order valence-corrected chi connectivity index (χ4v) is 1.13. The van der Waals surface area contributed by atoms with Gasteiger partial charge in [0.25, 0.3) is 5.69 Å². The summed E-state index contributed by atoms with van der Waals surface area (Å²) in [6.07, 6.45) is 0. The number of hydrogen-bond acceptors (Lipinski definition) is 3. The van der Waals surface area contributed by atoms with Crippen molar-refractivity contribution >= 4 is 33.8 Å². The molecule has 5 heteroatoms. The Morgan fingerprint density at radius 2 is 2.08 bits per heavy atom. The first-order valence-electron chi connectivity index (χ1n) is 3.06. The number of para-hydroxylation sites is 1. The molecule has 1 rings (SSSR count). The molecular formula is C7H4ClNO2S. The van der Waals surface area contributed by atoms with E-state index in [0.29, 0.717) is 5.56 Å². The summed E-state index contributed by atoms with van der Waals surface area (Å²) in [6.45, 7) is 0. The summed E-state index contributed by atoms with van der Waals surface area (Å²) in [4.78, 5) is 9.90. The van der Waals surface area contributed by atoms with E-state index in [-0.39, 0.29) is 10.0 Å². The van der Waals surface area contributed by atoms with Gasteiger partial charge in [-0.2, -0.15) is 0 Å². The molecular weight excluding hydrogens is 198 g/mol. The highest BCUT2D eigenvalue weighted by atomic mass is 35.5. The molecule has 0 spiro atoms. The molecule has 0 aromatic heterocycles. The molecule has 3 nitrogen and oxygen atoms in total. The molecule has 62 valence electrons. The van der Waals surface area contributed by atoms with E-state index in [4.69, 9.17) is 11.6 Å². The number of hydrogen-bond donors (Lipinski definition) is 0. The first-order chi connectivity index (χ1) is 5.63. The highest BCUT2D eigenvalue weighted by molar-refractivity contribution is 7.83. The predicted octanol–water partition coefficient (Wildman–Crippen LogP) is 2.51. The quantitative estimate of drug-likeness (QED) is 0.320. The zero-order valence-electron chi connectivity index (χ0n) is 5.86. The van der Waals surface area contributed by atoms with Crippen molar-refractivity contribution in [1.82, 2.24) is 0 Å². The Kier molecular flexibility index (Phi) is 2.73. The molecule has 0 bridgehead atoms. The third-order valence-corrected chi connectivity index (χ3v) is 1.74. The van der Waals surface area contributed by atoms with Crippen molar-refractivity contribution < 1.29 is 4.92 Å². The molecule has 0 aliphatic heterocycles. The normalized spacial score (nSPS) is 9.42. The van der Waals surface area contributed by atoms with Crippen LogP contribution in [-0.2, 0) is 0 Å². The van der Waals surface area contributed by atoms with Gasteiger partial charge in [-0.05, 0) is 6.07 Å². The molecule has 0 saturated carbocycles. The number of thiocarbonyl (C=S) groups is 1. The number of rotatable bonds is 2. The molecule has 0 saturated heterocycles. The van der Waals surface area contributed by atoms with E-state index in [1.54, 1.807) is 12.1 Å². The monoisotopic (exact) mass is 201 g/mol. The van der Waals surface area contributed by atoms with Crippen molar-refractivity contribution in [2.24, 2.45) is 0 Å². The molecule has 0 atom stereocenters. The molecule has 0 amide bonds. The number of nitrogens with zero attached hydrogens (tertiary/aromatic N) is 1. The lowest BCUT2D eigenvalue weighted by atomic mass is 10.2. The van der Waals surface area contributed by atoms with Crippen LogP contribution in [0.15, 0.2) is 24.3 Å². The van der Waals surface area contributed by atoms with E-state index in [2.05, 4.69) is 12.2 Å². The second-order valence-electron chi connectivity index (χ2n) is 2.05. The van der Waals surface area contributed by atoms with Crippen molar-refractivity contribution in [2.75, 3.05) is 0 Å². The zero-order valence-corrected chi connectivity index (χ0v) is 7.43. The van der Waals surface area contributed by atoms with Crippen LogP contribution in [-0.4, -0.2) is 9.25 Å².